The van der Waals surface area contributed by atoms with E-state index in [-0.39, 0.29) is 5.82 Å². The summed E-state index contributed by atoms with van der Waals surface area (Å²) in [5.41, 5.74) is 0. The molecule has 4 heteroatoms. The Kier molecular flexibility index (Phi) is 4.49. The third-order valence-corrected chi connectivity index (χ3v) is 6.31. The standard InChI is InChI=1S/C19H18FO2P/c1-15-6-5-9-19(14-15)23(21,18-7-3-2-4-8-18)22-17-12-10-16(20)11-13-17/h2-13,15H,14H2,1H3. The Morgan fingerprint density at radius 1 is 1.09 bits per heavy atom. The van der Waals surface area contributed by atoms with Crippen molar-refractivity contribution in [1.82, 2.24) is 0 Å². The van der Waals surface area contributed by atoms with E-state index in [9.17, 15) is 8.96 Å². The first kappa shape index (κ1) is 15.8. The smallest absolute Gasteiger partial charge is 0.302 e. The lowest BCUT2D eigenvalue weighted by Crippen LogP contribution is -2.13. The highest BCUT2D eigenvalue weighted by Gasteiger charge is 2.33. The van der Waals surface area contributed by atoms with Crippen LogP contribution in [-0.2, 0) is 4.57 Å². The lowest BCUT2D eigenvalue weighted by molar-refractivity contribution is 0.493. The largest absolute Gasteiger partial charge is 0.437 e. The van der Waals surface area contributed by atoms with E-state index in [0.717, 1.165) is 5.31 Å². The van der Waals surface area contributed by atoms with Crippen molar-refractivity contribution < 1.29 is 13.5 Å². The van der Waals surface area contributed by atoms with Gasteiger partial charge in [0.05, 0.1) is 5.30 Å². The second-order valence-corrected chi connectivity index (χ2v) is 8.03. The fraction of sp³-hybridized carbons (Fsp3) is 0.158. The van der Waals surface area contributed by atoms with Crippen molar-refractivity contribution in [2.45, 2.75) is 13.3 Å². The molecule has 2 aromatic carbocycles. The highest BCUT2D eigenvalue weighted by Crippen LogP contribution is 2.56. The minimum Gasteiger partial charge on any atom is -0.437 e. The molecule has 0 fully saturated rings. The predicted octanol–water partition coefficient (Wildman–Crippen LogP) is 5.29. The number of hydrogen-bond acceptors (Lipinski definition) is 2. The van der Waals surface area contributed by atoms with Gasteiger partial charge >= 0.3 is 7.37 Å². The average Bonchev–Trinajstić information content (AvgIpc) is 2.58. The van der Waals surface area contributed by atoms with Crippen molar-refractivity contribution >= 4 is 12.7 Å². The highest BCUT2D eigenvalue weighted by atomic mass is 31.2. The monoisotopic (exact) mass is 328 g/mol. The maximum atomic E-state index is 13.8. The molecule has 23 heavy (non-hydrogen) atoms. The van der Waals surface area contributed by atoms with E-state index < -0.39 is 7.37 Å². The van der Waals surface area contributed by atoms with Crippen LogP contribution >= 0.6 is 7.37 Å². The van der Waals surface area contributed by atoms with Crippen molar-refractivity contribution in [1.29, 1.82) is 0 Å². The Morgan fingerprint density at radius 3 is 2.43 bits per heavy atom. The molecule has 0 heterocycles. The molecule has 1 aliphatic carbocycles. The maximum Gasteiger partial charge on any atom is 0.302 e. The topological polar surface area (TPSA) is 26.3 Å². The van der Waals surface area contributed by atoms with Crippen molar-refractivity contribution in [3.05, 3.63) is 84.0 Å². The molecule has 0 bridgehead atoms. The third kappa shape index (κ3) is 3.46. The SMILES string of the molecule is CC1C=CC=C(P(=O)(Oc2ccc(F)cc2)c2ccccc2)C1. The van der Waals surface area contributed by atoms with Gasteiger partial charge in [-0.2, -0.15) is 0 Å². The van der Waals surface area contributed by atoms with E-state index in [2.05, 4.69) is 13.0 Å². The van der Waals surface area contributed by atoms with Crippen molar-refractivity contribution in [3.8, 4) is 5.75 Å². The fourth-order valence-electron chi connectivity index (χ4n) is 2.59. The number of hydrogen-bond donors (Lipinski definition) is 0. The molecular formula is C19H18FO2P. The molecule has 0 aliphatic heterocycles. The molecule has 2 unspecified atom stereocenters. The Bertz CT molecular complexity index is 779. The Labute approximate surface area is 135 Å². The van der Waals surface area contributed by atoms with E-state index in [4.69, 9.17) is 4.52 Å². The Morgan fingerprint density at radius 2 is 1.78 bits per heavy atom. The zero-order valence-electron chi connectivity index (χ0n) is 12.9. The Hall–Kier alpha value is -2.12. The molecule has 1 aliphatic rings. The number of allylic oxidation sites excluding steroid dienone is 4. The van der Waals surface area contributed by atoms with Gasteiger partial charge in [0, 0.05) is 5.31 Å². The van der Waals surface area contributed by atoms with Gasteiger partial charge < -0.3 is 4.52 Å². The molecule has 0 saturated heterocycles. The summed E-state index contributed by atoms with van der Waals surface area (Å²) in [4.78, 5) is 0. The van der Waals surface area contributed by atoms with Crippen LogP contribution in [0.1, 0.15) is 13.3 Å². The van der Waals surface area contributed by atoms with E-state index in [1.165, 1.54) is 24.3 Å². The summed E-state index contributed by atoms with van der Waals surface area (Å²) in [5, 5.41) is 1.43. The zero-order chi connectivity index (χ0) is 16.3. The summed E-state index contributed by atoms with van der Waals surface area (Å²) in [6, 6.07) is 14.8. The molecule has 3 rings (SSSR count). The van der Waals surface area contributed by atoms with Gasteiger partial charge in [0.1, 0.15) is 11.6 Å². The van der Waals surface area contributed by atoms with Crippen LogP contribution in [0.4, 0.5) is 4.39 Å². The summed E-state index contributed by atoms with van der Waals surface area (Å²) in [6.45, 7) is 2.08. The van der Waals surface area contributed by atoms with Crippen LogP contribution in [-0.4, -0.2) is 0 Å². The van der Waals surface area contributed by atoms with Crippen molar-refractivity contribution in [2.24, 2.45) is 5.92 Å². The normalized spacial score (nSPS) is 19.7. The Balaban J connectivity index is 2.03. The van der Waals surface area contributed by atoms with Gasteiger partial charge in [-0.3, -0.25) is 4.57 Å². The minimum atomic E-state index is -3.23. The molecule has 0 amide bonds. The van der Waals surface area contributed by atoms with Crippen LogP contribution in [0.3, 0.4) is 0 Å². The van der Waals surface area contributed by atoms with Gasteiger partial charge in [0.25, 0.3) is 0 Å². The van der Waals surface area contributed by atoms with Crippen molar-refractivity contribution in [2.75, 3.05) is 0 Å². The van der Waals surface area contributed by atoms with Gasteiger partial charge in [-0.05, 0) is 48.7 Å². The highest BCUT2D eigenvalue weighted by molar-refractivity contribution is 7.71. The van der Waals surface area contributed by atoms with Crippen LogP contribution < -0.4 is 9.83 Å². The fourth-order valence-corrected chi connectivity index (χ4v) is 4.93. The summed E-state index contributed by atoms with van der Waals surface area (Å²) in [7, 11) is -3.23. The molecule has 0 aromatic heterocycles. The van der Waals surface area contributed by atoms with Crippen LogP contribution in [0.5, 0.6) is 5.75 Å². The molecule has 0 radical (unpaired) electrons. The maximum absolute atomic E-state index is 13.8. The number of halogens is 1. The first-order valence-corrected chi connectivity index (χ1v) is 9.19. The first-order valence-electron chi connectivity index (χ1n) is 7.57. The lowest BCUT2D eigenvalue weighted by Gasteiger charge is -2.25. The van der Waals surface area contributed by atoms with Gasteiger partial charge in [0.2, 0.25) is 0 Å². The first-order chi connectivity index (χ1) is 11.1. The second kappa shape index (κ2) is 6.55. The van der Waals surface area contributed by atoms with E-state index in [1.54, 1.807) is 0 Å². The van der Waals surface area contributed by atoms with Gasteiger partial charge in [-0.15, -0.1) is 0 Å². The molecule has 0 N–H and O–H groups in total. The third-order valence-electron chi connectivity index (χ3n) is 3.78. The number of rotatable bonds is 4. The molecule has 0 spiro atoms. The van der Waals surface area contributed by atoms with E-state index in [0.29, 0.717) is 23.4 Å². The van der Waals surface area contributed by atoms with E-state index >= 15 is 0 Å². The van der Waals surface area contributed by atoms with Crippen molar-refractivity contribution in [3.63, 3.8) is 0 Å². The zero-order valence-corrected chi connectivity index (χ0v) is 13.7. The molecular weight excluding hydrogens is 310 g/mol. The quantitative estimate of drug-likeness (QED) is 0.713. The molecule has 0 saturated carbocycles. The number of benzene rings is 2. The van der Waals surface area contributed by atoms with Crippen LogP contribution in [0.15, 0.2) is 78.1 Å². The summed E-state index contributed by atoms with van der Waals surface area (Å²) >= 11 is 0. The van der Waals surface area contributed by atoms with Crippen LogP contribution in [0, 0.1) is 11.7 Å². The predicted molar refractivity (Wildman–Crippen MR) is 91.7 cm³/mol. The van der Waals surface area contributed by atoms with Crippen LogP contribution in [0.2, 0.25) is 0 Å². The van der Waals surface area contributed by atoms with Crippen LogP contribution in [0.25, 0.3) is 0 Å². The molecule has 2 nitrogen and oxygen atoms in total. The summed E-state index contributed by atoms with van der Waals surface area (Å²) in [6.07, 6.45) is 6.56. The second-order valence-electron chi connectivity index (χ2n) is 5.66. The summed E-state index contributed by atoms with van der Waals surface area (Å²) < 4.78 is 32.8. The molecule has 2 aromatic rings. The summed E-state index contributed by atoms with van der Waals surface area (Å²) in [5.74, 6) is 0.367. The molecule has 2 atom stereocenters. The average molecular weight is 328 g/mol. The molecule has 118 valence electrons. The van der Waals surface area contributed by atoms with E-state index in [1.807, 2.05) is 42.5 Å². The lowest BCUT2D eigenvalue weighted by atomic mass is 10.0. The minimum absolute atomic E-state index is 0.309. The van der Waals surface area contributed by atoms with Gasteiger partial charge in [0.15, 0.2) is 0 Å². The van der Waals surface area contributed by atoms with Gasteiger partial charge in [-0.25, -0.2) is 4.39 Å². The van der Waals surface area contributed by atoms with Gasteiger partial charge in [-0.1, -0.05) is 43.4 Å².